The summed E-state index contributed by atoms with van der Waals surface area (Å²) in [4.78, 5) is 11.5. The van der Waals surface area contributed by atoms with Crippen molar-refractivity contribution >= 4 is 29.1 Å². The van der Waals surface area contributed by atoms with Crippen molar-refractivity contribution in [1.82, 2.24) is 10.6 Å². The first-order chi connectivity index (χ1) is 9.13. The molecule has 0 bridgehead atoms. The molecular weight excluding hydrogens is 283 g/mol. The Morgan fingerprint density at radius 1 is 1.21 bits per heavy atom. The van der Waals surface area contributed by atoms with E-state index >= 15 is 0 Å². The van der Waals surface area contributed by atoms with E-state index in [1.807, 2.05) is 12.1 Å². The van der Waals surface area contributed by atoms with Crippen LogP contribution < -0.4 is 10.6 Å². The Hall–Kier alpha value is -0.770. The lowest BCUT2D eigenvalue weighted by atomic mass is 10.1. The van der Waals surface area contributed by atoms with Gasteiger partial charge in [0, 0.05) is 16.6 Å². The second-order valence-electron chi connectivity index (χ2n) is 4.95. The fourth-order valence-corrected chi connectivity index (χ4v) is 2.45. The fraction of sp³-hybridized carbons (Fsp3) is 0.500. The fourth-order valence-electron chi connectivity index (χ4n) is 1.88. The average Bonchev–Trinajstić information content (AvgIpc) is 3.11. The van der Waals surface area contributed by atoms with E-state index < -0.39 is 0 Å². The lowest BCUT2D eigenvalue weighted by Crippen LogP contribution is -2.35. The van der Waals surface area contributed by atoms with Crippen LogP contribution in [0.25, 0.3) is 0 Å². The summed E-state index contributed by atoms with van der Waals surface area (Å²) in [6.07, 6.45) is 3.32. The van der Waals surface area contributed by atoms with Gasteiger partial charge in [0.05, 0.1) is 6.54 Å². The van der Waals surface area contributed by atoms with Gasteiger partial charge in [-0.3, -0.25) is 4.79 Å². The first-order valence-corrected chi connectivity index (χ1v) is 7.31. The number of hydrogen-bond donors (Lipinski definition) is 2. The molecule has 0 atom stereocenters. The summed E-state index contributed by atoms with van der Waals surface area (Å²) in [6, 6.07) is 5.43. The molecule has 1 fully saturated rings. The molecule has 0 unspecified atom stereocenters. The predicted octanol–water partition coefficient (Wildman–Crippen LogP) is 2.65. The lowest BCUT2D eigenvalue weighted by molar-refractivity contribution is -0.120. The van der Waals surface area contributed by atoms with Crippen LogP contribution in [0.15, 0.2) is 18.2 Å². The molecule has 1 aromatic carbocycles. The zero-order valence-electron chi connectivity index (χ0n) is 10.7. The summed E-state index contributed by atoms with van der Waals surface area (Å²) in [5.74, 6) is 0.829. The molecule has 1 amide bonds. The molecule has 1 aliphatic rings. The van der Waals surface area contributed by atoms with Gasteiger partial charge >= 0.3 is 0 Å². The Bertz CT molecular complexity index is 427. The number of carbonyl (C=O) groups excluding carboxylic acids is 1. The highest BCUT2D eigenvalue weighted by Crippen LogP contribution is 2.27. The van der Waals surface area contributed by atoms with Crippen molar-refractivity contribution in [2.75, 3.05) is 19.6 Å². The molecule has 0 saturated heterocycles. The summed E-state index contributed by atoms with van der Waals surface area (Å²) in [6.45, 7) is 1.95. The third-order valence-electron chi connectivity index (χ3n) is 3.07. The van der Waals surface area contributed by atoms with Gasteiger partial charge in [0.1, 0.15) is 0 Å². The minimum absolute atomic E-state index is 0.0359. The second kappa shape index (κ2) is 7.13. The zero-order valence-corrected chi connectivity index (χ0v) is 12.2. The highest BCUT2D eigenvalue weighted by atomic mass is 35.5. The van der Waals surface area contributed by atoms with Crippen LogP contribution in [0.3, 0.4) is 0 Å². The first kappa shape index (κ1) is 14.6. The summed E-state index contributed by atoms with van der Waals surface area (Å²) in [7, 11) is 0. The van der Waals surface area contributed by atoms with Crippen molar-refractivity contribution in [3.8, 4) is 0 Å². The Morgan fingerprint density at radius 2 is 1.89 bits per heavy atom. The maximum atomic E-state index is 11.5. The van der Waals surface area contributed by atoms with E-state index in [4.69, 9.17) is 23.2 Å². The maximum Gasteiger partial charge on any atom is 0.233 e. The first-order valence-electron chi connectivity index (χ1n) is 6.56. The van der Waals surface area contributed by atoms with Crippen molar-refractivity contribution < 1.29 is 4.79 Å². The average molecular weight is 301 g/mol. The molecule has 0 heterocycles. The van der Waals surface area contributed by atoms with Gasteiger partial charge in [0.25, 0.3) is 0 Å². The monoisotopic (exact) mass is 300 g/mol. The molecule has 0 aromatic heterocycles. The third-order valence-corrected chi connectivity index (χ3v) is 3.51. The second-order valence-corrected chi connectivity index (χ2v) is 5.82. The largest absolute Gasteiger partial charge is 0.355 e. The van der Waals surface area contributed by atoms with Gasteiger partial charge in [-0.15, -0.1) is 0 Å². The van der Waals surface area contributed by atoms with Gasteiger partial charge in [-0.1, -0.05) is 23.2 Å². The van der Waals surface area contributed by atoms with Crippen molar-refractivity contribution in [3.63, 3.8) is 0 Å². The summed E-state index contributed by atoms with van der Waals surface area (Å²) in [5, 5.41) is 7.29. The van der Waals surface area contributed by atoms with Gasteiger partial charge in [-0.2, -0.15) is 0 Å². The van der Waals surface area contributed by atoms with Crippen LogP contribution in [0.4, 0.5) is 0 Å². The SMILES string of the molecule is O=C(CNCC1CC1)NCCc1cc(Cl)cc(Cl)c1. The predicted molar refractivity (Wildman–Crippen MR) is 78.8 cm³/mol. The number of benzene rings is 1. The van der Waals surface area contributed by atoms with Gasteiger partial charge in [0.2, 0.25) is 5.91 Å². The Kier molecular flexibility index (Phi) is 5.49. The van der Waals surface area contributed by atoms with Crippen LogP contribution in [0.2, 0.25) is 10.0 Å². The molecule has 1 saturated carbocycles. The molecule has 0 radical (unpaired) electrons. The summed E-state index contributed by atoms with van der Waals surface area (Å²) >= 11 is 11.8. The smallest absolute Gasteiger partial charge is 0.233 e. The highest BCUT2D eigenvalue weighted by molar-refractivity contribution is 6.34. The van der Waals surface area contributed by atoms with E-state index in [0.29, 0.717) is 23.1 Å². The molecule has 1 aliphatic carbocycles. The van der Waals surface area contributed by atoms with E-state index in [1.54, 1.807) is 6.07 Å². The lowest BCUT2D eigenvalue weighted by Gasteiger charge is -2.07. The van der Waals surface area contributed by atoms with Crippen LogP contribution in [0, 0.1) is 5.92 Å². The van der Waals surface area contributed by atoms with Crippen molar-refractivity contribution in [1.29, 1.82) is 0 Å². The molecule has 104 valence electrons. The van der Waals surface area contributed by atoms with Crippen LogP contribution >= 0.6 is 23.2 Å². The van der Waals surface area contributed by atoms with E-state index in [2.05, 4.69) is 10.6 Å². The molecule has 3 nitrogen and oxygen atoms in total. The maximum absolute atomic E-state index is 11.5. The summed E-state index contributed by atoms with van der Waals surface area (Å²) < 4.78 is 0. The van der Waals surface area contributed by atoms with E-state index in [1.165, 1.54) is 12.8 Å². The minimum Gasteiger partial charge on any atom is -0.355 e. The van der Waals surface area contributed by atoms with Gasteiger partial charge in [-0.05, 0) is 55.5 Å². The van der Waals surface area contributed by atoms with Crippen molar-refractivity contribution in [3.05, 3.63) is 33.8 Å². The number of hydrogen-bond acceptors (Lipinski definition) is 2. The normalized spacial score (nSPS) is 14.4. The molecule has 2 rings (SSSR count). The summed E-state index contributed by atoms with van der Waals surface area (Å²) in [5.41, 5.74) is 1.03. The standard InChI is InChI=1S/C14H18Cl2N2O/c15-12-5-11(6-13(16)7-12)3-4-18-14(19)9-17-8-10-1-2-10/h5-7,10,17H,1-4,8-9H2,(H,18,19). The molecular formula is C14H18Cl2N2O. The van der Waals surface area contributed by atoms with Gasteiger partial charge in [-0.25, -0.2) is 0 Å². The highest BCUT2D eigenvalue weighted by Gasteiger charge is 2.20. The van der Waals surface area contributed by atoms with E-state index in [-0.39, 0.29) is 5.91 Å². The molecule has 5 heteroatoms. The van der Waals surface area contributed by atoms with Gasteiger partial charge < -0.3 is 10.6 Å². The van der Waals surface area contributed by atoms with Crippen molar-refractivity contribution in [2.45, 2.75) is 19.3 Å². The number of carbonyl (C=O) groups is 1. The van der Waals surface area contributed by atoms with Crippen LogP contribution in [-0.2, 0) is 11.2 Å². The molecule has 0 aliphatic heterocycles. The Morgan fingerprint density at radius 3 is 2.53 bits per heavy atom. The topological polar surface area (TPSA) is 41.1 Å². The van der Waals surface area contributed by atoms with E-state index in [9.17, 15) is 4.79 Å². The molecule has 0 spiro atoms. The van der Waals surface area contributed by atoms with Gasteiger partial charge in [0.15, 0.2) is 0 Å². The number of rotatable bonds is 7. The number of amides is 1. The van der Waals surface area contributed by atoms with Crippen LogP contribution in [0.5, 0.6) is 0 Å². The molecule has 19 heavy (non-hydrogen) atoms. The Labute approximate surface area is 123 Å². The quantitative estimate of drug-likeness (QED) is 0.813. The minimum atomic E-state index is 0.0359. The molecule has 2 N–H and O–H groups in total. The van der Waals surface area contributed by atoms with Crippen molar-refractivity contribution in [2.24, 2.45) is 5.92 Å². The molecule has 1 aromatic rings. The zero-order chi connectivity index (χ0) is 13.7. The number of nitrogens with one attached hydrogen (secondary N) is 2. The van der Waals surface area contributed by atoms with Crippen LogP contribution in [-0.4, -0.2) is 25.5 Å². The number of halogens is 2. The third kappa shape index (κ3) is 5.81. The Balaban J connectivity index is 1.62. The van der Waals surface area contributed by atoms with E-state index in [0.717, 1.165) is 24.4 Å². The van der Waals surface area contributed by atoms with Crippen LogP contribution in [0.1, 0.15) is 18.4 Å².